The summed E-state index contributed by atoms with van der Waals surface area (Å²) in [5, 5.41) is 0. The first-order chi connectivity index (χ1) is 14.3. The zero-order valence-electron chi connectivity index (χ0n) is 19.6. The summed E-state index contributed by atoms with van der Waals surface area (Å²) in [5.41, 5.74) is 5.81. The van der Waals surface area contributed by atoms with E-state index in [-0.39, 0.29) is 5.54 Å². The molecule has 30 heavy (non-hydrogen) atoms. The molecule has 0 saturated carbocycles. The Bertz CT molecular complexity index is 893. The van der Waals surface area contributed by atoms with E-state index in [9.17, 15) is 4.79 Å². The first-order valence-electron chi connectivity index (χ1n) is 11.8. The maximum Gasteiger partial charge on any atom is 0.223 e. The van der Waals surface area contributed by atoms with Gasteiger partial charge >= 0.3 is 0 Å². The summed E-state index contributed by atoms with van der Waals surface area (Å²) in [4.78, 5) is 15.3. The van der Waals surface area contributed by atoms with Crippen molar-refractivity contribution in [2.24, 2.45) is 0 Å². The molecule has 1 atom stereocenters. The predicted octanol–water partition coefficient (Wildman–Crippen LogP) is 6.32. The van der Waals surface area contributed by atoms with Crippen LogP contribution in [0.25, 0.3) is 0 Å². The smallest absolute Gasteiger partial charge is 0.223 e. The lowest BCUT2D eigenvalue weighted by atomic mass is 9.72. The average molecular weight is 423 g/mol. The summed E-state index contributed by atoms with van der Waals surface area (Å²) in [5.74, 6) is 0.323. The van der Waals surface area contributed by atoms with Gasteiger partial charge in [-0.3, -0.25) is 4.79 Å². The van der Waals surface area contributed by atoms with Gasteiger partial charge in [0.15, 0.2) is 8.24 Å². The van der Waals surface area contributed by atoms with Gasteiger partial charge in [-0.05, 0) is 53.2 Å². The molecule has 0 N–H and O–H groups in total. The molecule has 2 aliphatic heterocycles. The Balaban J connectivity index is 1.96. The molecular formula is C26H38N2OSi. The lowest BCUT2D eigenvalue weighted by Crippen LogP contribution is -2.56. The van der Waals surface area contributed by atoms with E-state index in [2.05, 4.69) is 93.4 Å². The molecule has 1 fully saturated rings. The molecule has 2 aliphatic rings. The Morgan fingerprint density at radius 2 is 1.53 bits per heavy atom. The van der Waals surface area contributed by atoms with Crippen LogP contribution in [0.5, 0.6) is 0 Å². The molecule has 0 radical (unpaired) electrons. The van der Waals surface area contributed by atoms with E-state index in [4.69, 9.17) is 0 Å². The SMILES string of the molecule is CC(C)[Si](C(C)C)(C(C)C)n1cc2c(c1)[C@@]1(c3ccccc3)CCCC(=O)N1CC2. The third kappa shape index (κ3) is 2.86. The van der Waals surface area contributed by atoms with Crippen molar-refractivity contribution in [3.8, 4) is 0 Å². The molecule has 3 nitrogen and oxygen atoms in total. The fourth-order valence-corrected chi connectivity index (χ4v) is 13.7. The number of rotatable bonds is 5. The minimum Gasteiger partial charge on any atom is -0.379 e. The Morgan fingerprint density at radius 1 is 0.900 bits per heavy atom. The van der Waals surface area contributed by atoms with E-state index in [1.807, 2.05) is 0 Å². The average Bonchev–Trinajstić information content (AvgIpc) is 3.13. The predicted molar refractivity (Wildman–Crippen MR) is 127 cm³/mol. The minimum atomic E-state index is -1.81. The topological polar surface area (TPSA) is 25.2 Å². The number of aromatic nitrogens is 1. The van der Waals surface area contributed by atoms with Crippen LogP contribution in [-0.2, 0) is 16.8 Å². The van der Waals surface area contributed by atoms with Crippen molar-refractivity contribution in [3.05, 3.63) is 59.4 Å². The van der Waals surface area contributed by atoms with Crippen LogP contribution in [0.2, 0.25) is 16.6 Å². The van der Waals surface area contributed by atoms with Crippen LogP contribution in [-0.4, -0.2) is 29.8 Å². The standard InChI is InChI=1S/C26H38N2OSi/c1-19(2)30(20(3)4,21(5)6)27-17-22-14-16-28-25(29)13-10-15-26(28,24(22)18-27)23-11-8-7-9-12-23/h7-9,11-12,17-21H,10,13-16H2,1-6H3/t26-/m0/s1. The summed E-state index contributed by atoms with van der Waals surface area (Å²) >= 11 is 0. The quantitative estimate of drug-likeness (QED) is 0.517. The van der Waals surface area contributed by atoms with Gasteiger partial charge in [-0.2, -0.15) is 0 Å². The zero-order chi connectivity index (χ0) is 21.7. The van der Waals surface area contributed by atoms with E-state index < -0.39 is 8.24 Å². The molecule has 0 unspecified atom stereocenters. The highest BCUT2D eigenvalue weighted by Gasteiger charge is 2.51. The van der Waals surface area contributed by atoms with Crippen LogP contribution in [0.15, 0.2) is 42.7 Å². The van der Waals surface area contributed by atoms with Gasteiger partial charge in [-0.1, -0.05) is 71.9 Å². The Kier molecular flexibility index (Phi) is 5.50. The number of amides is 1. The number of nitrogens with zero attached hydrogens (tertiary/aromatic N) is 2. The number of carbonyl (C=O) groups is 1. The molecule has 1 amide bonds. The molecule has 1 aromatic heterocycles. The monoisotopic (exact) mass is 422 g/mol. The summed E-state index contributed by atoms with van der Waals surface area (Å²) in [6, 6.07) is 10.8. The van der Waals surface area contributed by atoms with Gasteiger partial charge in [0.25, 0.3) is 0 Å². The number of piperidine rings is 1. The maximum atomic E-state index is 13.1. The molecular weight excluding hydrogens is 384 g/mol. The third-order valence-electron chi connectivity index (χ3n) is 8.12. The lowest BCUT2D eigenvalue weighted by molar-refractivity contribution is -0.141. The van der Waals surface area contributed by atoms with Crippen LogP contribution in [0.3, 0.4) is 0 Å². The normalized spacial score (nSPS) is 22.0. The summed E-state index contributed by atoms with van der Waals surface area (Å²) in [6.07, 6.45) is 8.63. The zero-order valence-corrected chi connectivity index (χ0v) is 20.6. The molecule has 162 valence electrons. The summed E-state index contributed by atoms with van der Waals surface area (Å²) < 4.78 is 2.69. The van der Waals surface area contributed by atoms with E-state index in [1.165, 1.54) is 16.7 Å². The summed E-state index contributed by atoms with van der Waals surface area (Å²) in [6.45, 7) is 15.4. The van der Waals surface area contributed by atoms with Crippen LogP contribution >= 0.6 is 0 Å². The number of benzene rings is 1. The number of hydrogen-bond acceptors (Lipinski definition) is 1. The molecule has 0 spiro atoms. The molecule has 3 heterocycles. The maximum absolute atomic E-state index is 13.1. The van der Waals surface area contributed by atoms with Gasteiger partial charge in [-0.25, -0.2) is 0 Å². The molecule has 2 aromatic rings. The molecule has 1 saturated heterocycles. The molecule has 1 aromatic carbocycles. The molecule has 0 bridgehead atoms. The van der Waals surface area contributed by atoms with E-state index in [0.717, 1.165) is 25.8 Å². The number of carbonyl (C=O) groups excluding carboxylic acids is 1. The second-order valence-electron chi connectivity index (χ2n) is 10.3. The van der Waals surface area contributed by atoms with Crippen LogP contribution in [0, 0.1) is 0 Å². The Morgan fingerprint density at radius 3 is 2.13 bits per heavy atom. The van der Waals surface area contributed by atoms with Crippen molar-refractivity contribution < 1.29 is 4.79 Å². The van der Waals surface area contributed by atoms with E-state index in [1.54, 1.807) is 0 Å². The van der Waals surface area contributed by atoms with Crippen molar-refractivity contribution in [2.45, 2.75) is 89.4 Å². The first-order valence-corrected chi connectivity index (χ1v) is 14.0. The molecule has 4 heteroatoms. The van der Waals surface area contributed by atoms with Gasteiger partial charge in [-0.15, -0.1) is 0 Å². The summed E-state index contributed by atoms with van der Waals surface area (Å²) in [7, 11) is -1.81. The van der Waals surface area contributed by atoms with Crippen molar-refractivity contribution in [1.82, 2.24) is 9.13 Å². The van der Waals surface area contributed by atoms with Gasteiger partial charge in [0.05, 0.1) is 5.54 Å². The fraction of sp³-hybridized carbons (Fsp3) is 0.577. The second kappa shape index (κ2) is 7.71. The van der Waals surface area contributed by atoms with E-state index >= 15 is 0 Å². The highest BCUT2D eigenvalue weighted by atomic mass is 28.3. The highest BCUT2D eigenvalue weighted by Crippen LogP contribution is 2.50. The minimum absolute atomic E-state index is 0.291. The van der Waals surface area contributed by atoms with Crippen molar-refractivity contribution >= 4 is 14.1 Å². The van der Waals surface area contributed by atoms with Gasteiger partial charge in [0.2, 0.25) is 5.91 Å². The number of hydrogen-bond donors (Lipinski definition) is 0. The number of fused-ring (bicyclic) bond motifs is 3. The van der Waals surface area contributed by atoms with Crippen LogP contribution < -0.4 is 0 Å². The van der Waals surface area contributed by atoms with Gasteiger partial charge < -0.3 is 9.13 Å². The third-order valence-corrected chi connectivity index (χ3v) is 14.8. The largest absolute Gasteiger partial charge is 0.379 e. The van der Waals surface area contributed by atoms with Crippen molar-refractivity contribution in [1.29, 1.82) is 0 Å². The lowest BCUT2D eigenvalue weighted by Gasteiger charge is -2.50. The highest BCUT2D eigenvalue weighted by molar-refractivity contribution is 6.82. The van der Waals surface area contributed by atoms with Crippen LogP contribution in [0.4, 0.5) is 0 Å². The van der Waals surface area contributed by atoms with Crippen molar-refractivity contribution in [2.75, 3.05) is 6.54 Å². The first kappa shape index (κ1) is 21.4. The van der Waals surface area contributed by atoms with Gasteiger partial charge in [0.1, 0.15) is 0 Å². The Labute approximate surface area is 183 Å². The van der Waals surface area contributed by atoms with Crippen molar-refractivity contribution in [3.63, 3.8) is 0 Å². The van der Waals surface area contributed by atoms with Crippen LogP contribution in [0.1, 0.15) is 77.5 Å². The Hall–Kier alpha value is -1.81. The molecule has 0 aliphatic carbocycles. The fourth-order valence-electron chi connectivity index (χ4n) is 7.16. The molecule has 4 rings (SSSR count). The second-order valence-corrected chi connectivity index (χ2v) is 16.1. The van der Waals surface area contributed by atoms with E-state index in [0.29, 0.717) is 29.0 Å². The van der Waals surface area contributed by atoms with Gasteiger partial charge in [0, 0.05) is 24.7 Å².